The van der Waals surface area contributed by atoms with E-state index in [1.807, 2.05) is 30.0 Å². The lowest BCUT2D eigenvalue weighted by Crippen LogP contribution is -2.39. The minimum Gasteiger partial charge on any atom is -0.424 e. The van der Waals surface area contributed by atoms with Crippen LogP contribution in [0.15, 0.2) is 40.9 Å². The van der Waals surface area contributed by atoms with Crippen LogP contribution in [0.5, 0.6) is 5.75 Å². The molecule has 0 spiro atoms. The fourth-order valence-corrected chi connectivity index (χ4v) is 5.56. The lowest BCUT2D eigenvalue weighted by Gasteiger charge is -2.32. The molecular weight excluding hydrogens is 594 g/mol. The second-order valence-electron chi connectivity index (χ2n) is 11.7. The van der Waals surface area contributed by atoms with Crippen LogP contribution in [0.4, 0.5) is 11.5 Å². The Morgan fingerprint density at radius 3 is 2.70 bits per heavy atom. The molecular formula is C31H37BrClN3O4. The van der Waals surface area contributed by atoms with Gasteiger partial charge in [0.15, 0.2) is 5.75 Å². The summed E-state index contributed by atoms with van der Waals surface area (Å²) in [5.41, 5.74) is 2.42. The standard InChI is InChI=1S/C31H37BrClN3O4/c1-19-28(23-16-20(32)10-12-24(23)34-29(19)36-15-7-8-22(37)18-36)30(39)35-25-13-11-21(33)17-26(25)40-27(38)9-5-6-14-31(2,3)4/h10-13,16-17,22,37H,5-9,14-15,18H2,1-4H3,(H,35,39). The molecule has 40 heavy (non-hydrogen) atoms. The number of nitrogens with one attached hydrogen (secondary N) is 1. The molecule has 1 aliphatic heterocycles. The molecule has 0 aliphatic carbocycles. The normalized spacial score (nSPS) is 15.8. The molecule has 2 aromatic carbocycles. The third-order valence-electron chi connectivity index (χ3n) is 7.06. The summed E-state index contributed by atoms with van der Waals surface area (Å²) in [6.45, 7) is 9.62. The first kappa shape index (κ1) is 30.3. The van der Waals surface area contributed by atoms with Crippen LogP contribution in [-0.4, -0.2) is 41.2 Å². The van der Waals surface area contributed by atoms with Gasteiger partial charge in [0.2, 0.25) is 0 Å². The molecule has 214 valence electrons. The van der Waals surface area contributed by atoms with Crippen LogP contribution in [0.2, 0.25) is 5.02 Å². The molecule has 2 heterocycles. The van der Waals surface area contributed by atoms with Crippen LogP contribution < -0.4 is 15.0 Å². The fraction of sp³-hybridized carbons (Fsp3) is 0.452. The predicted molar refractivity (Wildman–Crippen MR) is 165 cm³/mol. The molecule has 3 aromatic rings. The summed E-state index contributed by atoms with van der Waals surface area (Å²) in [6, 6.07) is 10.5. The number of aliphatic hydroxyl groups is 1. The van der Waals surface area contributed by atoms with Crippen LogP contribution in [0, 0.1) is 12.3 Å². The Hall–Kier alpha value is -2.68. The van der Waals surface area contributed by atoms with E-state index in [4.69, 9.17) is 21.3 Å². The zero-order valence-corrected chi connectivity index (χ0v) is 25.9. The van der Waals surface area contributed by atoms with Gasteiger partial charge in [-0.2, -0.15) is 0 Å². The topological polar surface area (TPSA) is 91.8 Å². The van der Waals surface area contributed by atoms with E-state index in [0.717, 1.165) is 43.1 Å². The molecule has 7 nitrogen and oxygen atoms in total. The van der Waals surface area contributed by atoms with Crippen molar-refractivity contribution in [3.05, 3.63) is 57.0 Å². The van der Waals surface area contributed by atoms with Crippen LogP contribution in [0.3, 0.4) is 0 Å². The number of hydrogen-bond donors (Lipinski definition) is 2. The lowest BCUT2D eigenvalue weighted by atomic mass is 9.89. The first-order valence-electron chi connectivity index (χ1n) is 13.8. The van der Waals surface area contributed by atoms with Crippen molar-refractivity contribution in [1.29, 1.82) is 0 Å². The number of piperidine rings is 1. The maximum Gasteiger partial charge on any atom is 0.311 e. The number of benzene rings is 2. The number of halogens is 2. The number of anilines is 2. The van der Waals surface area contributed by atoms with Crippen molar-refractivity contribution in [3.63, 3.8) is 0 Å². The Bertz CT molecular complexity index is 1410. The Balaban J connectivity index is 1.61. The molecule has 0 saturated carbocycles. The number of aromatic nitrogens is 1. The van der Waals surface area contributed by atoms with E-state index < -0.39 is 6.10 Å². The number of nitrogens with zero attached hydrogens (tertiary/aromatic N) is 2. The maximum absolute atomic E-state index is 13.9. The largest absolute Gasteiger partial charge is 0.424 e. The van der Waals surface area contributed by atoms with Crippen molar-refractivity contribution in [2.75, 3.05) is 23.3 Å². The highest BCUT2D eigenvalue weighted by atomic mass is 79.9. The summed E-state index contributed by atoms with van der Waals surface area (Å²) < 4.78 is 6.49. The molecule has 0 bridgehead atoms. The minimum atomic E-state index is -0.437. The number of aliphatic hydroxyl groups excluding tert-OH is 1. The molecule has 1 aliphatic rings. The SMILES string of the molecule is Cc1c(N2CCCC(O)C2)nc2ccc(Br)cc2c1C(=O)Nc1ccc(Cl)cc1OC(=O)CCCCC(C)(C)C. The van der Waals surface area contributed by atoms with Crippen LogP contribution in [-0.2, 0) is 4.79 Å². The summed E-state index contributed by atoms with van der Waals surface area (Å²) in [5.74, 6) is 0.161. The van der Waals surface area contributed by atoms with Gasteiger partial charge in [-0.1, -0.05) is 54.7 Å². The van der Waals surface area contributed by atoms with E-state index in [0.29, 0.717) is 45.1 Å². The molecule has 1 saturated heterocycles. The Morgan fingerprint density at radius 1 is 1.20 bits per heavy atom. The number of carbonyl (C=O) groups excluding carboxylic acids is 2. The number of unbranched alkanes of at least 4 members (excludes halogenated alkanes) is 1. The number of β-amino-alcohol motifs (C(OH)–C–C–N with tert-alkyl or cyclic N) is 1. The zero-order valence-electron chi connectivity index (χ0n) is 23.5. The first-order chi connectivity index (χ1) is 18.9. The highest BCUT2D eigenvalue weighted by Crippen LogP contribution is 2.34. The molecule has 1 amide bonds. The number of esters is 1. The van der Waals surface area contributed by atoms with Crippen LogP contribution in [0.25, 0.3) is 10.9 Å². The third kappa shape index (κ3) is 7.74. The predicted octanol–water partition coefficient (Wildman–Crippen LogP) is 7.68. The monoisotopic (exact) mass is 629 g/mol. The van der Waals surface area contributed by atoms with Gasteiger partial charge < -0.3 is 20.1 Å². The van der Waals surface area contributed by atoms with Crippen LogP contribution in [0.1, 0.15) is 75.2 Å². The van der Waals surface area contributed by atoms with E-state index >= 15 is 0 Å². The minimum absolute atomic E-state index is 0.207. The van der Waals surface area contributed by atoms with Crippen molar-refractivity contribution in [2.24, 2.45) is 5.41 Å². The van der Waals surface area contributed by atoms with Crippen molar-refractivity contribution in [1.82, 2.24) is 4.98 Å². The van der Waals surface area contributed by atoms with Gasteiger partial charge in [0.25, 0.3) is 5.91 Å². The number of fused-ring (bicyclic) bond motifs is 1. The van der Waals surface area contributed by atoms with Crippen molar-refractivity contribution < 1.29 is 19.4 Å². The molecule has 1 aromatic heterocycles. The average molecular weight is 631 g/mol. The molecule has 1 atom stereocenters. The summed E-state index contributed by atoms with van der Waals surface area (Å²) in [6.07, 6.45) is 4.11. The first-order valence-corrected chi connectivity index (χ1v) is 14.9. The Kier molecular flexibility index (Phi) is 9.75. The van der Waals surface area contributed by atoms with Crippen molar-refractivity contribution in [3.8, 4) is 5.75 Å². The van der Waals surface area contributed by atoms with Crippen LogP contribution >= 0.6 is 27.5 Å². The second kappa shape index (κ2) is 12.9. The van der Waals surface area contributed by atoms with E-state index in [9.17, 15) is 14.7 Å². The molecule has 4 rings (SSSR count). The summed E-state index contributed by atoms with van der Waals surface area (Å²) in [4.78, 5) is 33.5. The summed E-state index contributed by atoms with van der Waals surface area (Å²) in [5, 5.41) is 14.3. The smallest absolute Gasteiger partial charge is 0.311 e. The van der Waals surface area contributed by atoms with Gasteiger partial charge in [0, 0.05) is 46.0 Å². The highest BCUT2D eigenvalue weighted by Gasteiger charge is 2.26. The Morgan fingerprint density at radius 2 is 1.98 bits per heavy atom. The average Bonchev–Trinajstić information content (AvgIpc) is 2.87. The van der Waals surface area contributed by atoms with Crippen molar-refractivity contribution in [2.45, 2.75) is 72.3 Å². The van der Waals surface area contributed by atoms with Gasteiger partial charge >= 0.3 is 5.97 Å². The lowest BCUT2D eigenvalue weighted by molar-refractivity contribution is -0.134. The highest BCUT2D eigenvalue weighted by molar-refractivity contribution is 9.10. The molecule has 0 radical (unpaired) electrons. The molecule has 9 heteroatoms. The fourth-order valence-electron chi connectivity index (χ4n) is 5.03. The van der Waals surface area contributed by atoms with Gasteiger partial charge in [-0.05, 0) is 68.4 Å². The third-order valence-corrected chi connectivity index (χ3v) is 7.79. The van der Waals surface area contributed by atoms with Gasteiger partial charge in [-0.25, -0.2) is 4.98 Å². The van der Waals surface area contributed by atoms with E-state index in [-0.39, 0.29) is 29.5 Å². The number of pyridine rings is 1. The Labute approximate surface area is 249 Å². The second-order valence-corrected chi connectivity index (χ2v) is 13.0. The molecule has 1 fully saturated rings. The number of amides is 1. The number of carbonyl (C=O) groups is 2. The van der Waals surface area contributed by atoms with E-state index in [2.05, 4.69) is 42.0 Å². The van der Waals surface area contributed by atoms with Gasteiger partial charge in [0.1, 0.15) is 5.82 Å². The zero-order chi connectivity index (χ0) is 29.0. The molecule has 2 N–H and O–H groups in total. The van der Waals surface area contributed by atoms with Gasteiger partial charge in [-0.15, -0.1) is 0 Å². The quantitative estimate of drug-likeness (QED) is 0.151. The van der Waals surface area contributed by atoms with E-state index in [1.165, 1.54) is 0 Å². The van der Waals surface area contributed by atoms with Gasteiger partial charge in [-0.3, -0.25) is 9.59 Å². The van der Waals surface area contributed by atoms with Crippen molar-refractivity contribution >= 4 is 61.8 Å². The van der Waals surface area contributed by atoms with E-state index in [1.54, 1.807) is 18.2 Å². The maximum atomic E-state index is 13.9. The number of rotatable bonds is 8. The van der Waals surface area contributed by atoms with Gasteiger partial charge in [0.05, 0.1) is 22.9 Å². The number of hydrogen-bond acceptors (Lipinski definition) is 6. The summed E-state index contributed by atoms with van der Waals surface area (Å²) >= 11 is 9.74. The molecule has 1 unspecified atom stereocenters. The number of ether oxygens (including phenoxy) is 1. The summed E-state index contributed by atoms with van der Waals surface area (Å²) in [7, 11) is 0.